The van der Waals surface area contributed by atoms with Gasteiger partial charge in [0.1, 0.15) is 5.01 Å². The second-order valence-electron chi connectivity index (χ2n) is 4.61. The van der Waals surface area contributed by atoms with Crippen LogP contribution in [0.15, 0.2) is 6.20 Å². The van der Waals surface area contributed by atoms with Gasteiger partial charge in [-0.3, -0.25) is 4.90 Å². The van der Waals surface area contributed by atoms with Gasteiger partial charge in [0.2, 0.25) is 0 Å². The van der Waals surface area contributed by atoms with E-state index in [0.717, 1.165) is 38.5 Å². The van der Waals surface area contributed by atoms with Crippen LogP contribution in [0.4, 0.5) is 0 Å². The molecule has 0 atom stereocenters. The summed E-state index contributed by atoms with van der Waals surface area (Å²) in [5, 5.41) is 5.34. The first-order valence-corrected chi connectivity index (χ1v) is 8.09. The fourth-order valence-corrected chi connectivity index (χ4v) is 3.57. The molecular weight excluding hydrogens is 250 g/mol. The fraction of sp³-hybridized carbons (Fsp3) is 0.750. The zero-order chi connectivity index (χ0) is 12.1. The Morgan fingerprint density at radius 3 is 2.94 bits per heavy atom. The number of thioether (sulfide) groups is 1. The standard InChI is InChI=1S/C12H21N3S2/c1-10(2)16-9-12-14-7-11(17-12)8-15-5-3-13-4-6-15/h7,10,13H,3-6,8-9H2,1-2H3. The molecule has 2 rings (SSSR count). The van der Waals surface area contributed by atoms with Gasteiger partial charge in [0.05, 0.1) is 0 Å². The minimum absolute atomic E-state index is 0.690. The molecule has 0 spiro atoms. The van der Waals surface area contributed by atoms with Crippen molar-refractivity contribution in [2.24, 2.45) is 0 Å². The summed E-state index contributed by atoms with van der Waals surface area (Å²) in [6.45, 7) is 10.1. The molecule has 2 heterocycles. The minimum atomic E-state index is 0.690. The number of piperazine rings is 1. The highest BCUT2D eigenvalue weighted by molar-refractivity contribution is 7.99. The van der Waals surface area contributed by atoms with E-state index in [1.165, 1.54) is 9.88 Å². The average molecular weight is 271 g/mol. The number of thiazole rings is 1. The number of nitrogens with one attached hydrogen (secondary N) is 1. The summed E-state index contributed by atoms with van der Waals surface area (Å²) in [6.07, 6.45) is 2.06. The maximum absolute atomic E-state index is 4.51. The molecule has 1 fully saturated rings. The fourth-order valence-electron chi connectivity index (χ4n) is 1.82. The summed E-state index contributed by atoms with van der Waals surface area (Å²) in [4.78, 5) is 8.42. The second kappa shape index (κ2) is 6.73. The highest BCUT2D eigenvalue weighted by Gasteiger charge is 2.11. The van der Waals surface area contributed by atoms with Crippen molar-refractivity contribution < 1.29 is 0 Å². The zero-order valence-electron chi connectivity index (χ0n) is 10.6. The Morgan fingerprint density at radius 1 is 1.47 bits per heavy atom. The Hall–Kier alpha value is -0.100. The predicted octanol–water partition coefficient (Wildman–Crippen LogP) is 2.19. The topological polar surface area (TPSA) is 28.2 Å². The van der Waals surface area contributed by atoms with Crippen molar-refractivity contribution in [3.63, 3.8) is 0 Å². The summed E-state index contributed by atoms with van der Waals surface area (Å²) in [5.74, 6) is 1.06. The van der Waals surface area contributed by atoms with E-state index in [9.17, 15) is 0 Å². The van der Waals surface area contributed by atoms with Crippen LogP contribution in [0, 0.1) is 0 Å². The molecule has 0 unspecified atom stereocenters. The minimum Gasteiger partial charge on any atom is -0.314 e. The van der Waals surface area contributed by atoms with E-state index in [4.69, 9.17) is 0 Å². The molecule has 1 N–H and O–H groups in total. The Balaban J connectivity index is 1.80. The molecule has 0 radical (unpaired) electrons. The number of hydrogen-bond acceptors (Lipinski definition) is 5. The lowest BCUT2D eigenvalue weighted by Gasteiger charge is -2.26. The molecule has 0 aliphatic carbocycles. The Labute approximate surface area is 112 Å². The van der Waals surface area contributed by atoms with Crippen LogP contribution in [0.5, 0.6) is 0 Å². The Morgan fingerprint density at radius 2 is 2.24 bits per heavy atom. The van der Waals surface area contributed by atoms with Gasteiger partial charge in [-0.05, 0) is 5.25 Å². The lowest BCUT2D eigenvalue weighted by Crippen LogP contribution is -2.42. The highest BCUT2D eigenvalue weighted by atomic mass is 32.2. The SMILES string of the molecule is CC(C)SCc1ncc(CN2CCNCC2)s1. The summed E-state index contributed by atoms with van der Waals surface area (Å²) >= 11 is 3.84. The van der Waals surface area contributed by atoms with E-state index < -0.39 is 0 Å². The van der Waals surface area contributed by atoms with Gasteiger partial charge in [-0.2, -0.15) is 11.8 Å². The Bertz CT molecular complexity index is 332. The van der Waals surface area contributed by atoms with Crippen molar-refractivity contribution in [3.8, 4) is 0 Å². The Kier molecular flexibility index (Phi) is 5.28. The van der Waals surface area contributed by atoms with Crippen LogP contribution in [-0.2, 0) is 12.3 Å². The van der Waals surface area contributed by atoms with E-state index >= 15 is 0 Å². The van der Waals surface area contributed by atoms with Gasteiger partial charge in [0, 0.05) is 49.6 Å². The van der Waals surface area contributed by atoms with E-state index in [1.807, 2.05) is 23.1 Å². The first kappa shape index (κ1) is 13.3. The lowest BCUT2D eigenvalue weighted by molar-refractivity contribution is 0.235. The third-order valence-electron chi connectivity index (χ3n) is 2.73. The van der Waals surface area contributed by atoms with Gasteiger partial charge in [-0.1, -0.05) is 13.8 Å². The molecule has 0 aromatic carbocycles. The maximum Gasteiger partial charge on any atom is 0.103 e. The molecule has 0 amide bonds. The van der Waals surface area contributed by atoms with Crippen LogP contribution in [-0.4, -0.2) is 41.3 Å². The van der Waals surface area contributed by atoms with Gasteiger partial charge >= 0.3 is 0 Å². The van der Waals surface area contributed by atoms with Crippen molar-refractivity contribution >= 4 is 23.1 Å². The summed E-state index contributed by atoms with van der Waals surface area (Å²) in [6, 6.07) is 0. The predicted molar refractivity (Wildman–Crippen MR) is 76.7 cm³/mol. The van der Waals surface area contributed by atoms with E-state index in [1.54, 1.807) is 0 Å². The van der Waals surface area contributed by atoms with E-state index in [2.05, 4.69) is 35.2 Å². The quantitative estimate of drug-likeness (QED) is 0.888. The average Bonchev–Trinajstić information content (AvgIpc) is 2.75. The molecule has 5 heteroatoms. The number of nitrogens with zero attached hydrogens (tertiary/aromatic N) is 2. The smallest absolute Gasteiger partial charge is 0.103 e. The third-order valence-corrected chi connectivity index (χ3v) is 5.00. The number of aromatic nitrogens is 1. The van der Waals surface area contributed by atoms with Crippen LogP contribution in [0.25, 0.3) is 0 Å². The largest absolute Gasteiger partial charge is 0.314 e. The highest BCUT2D eigenvalue weighted by Crippen LogP contribution is 2.22. The van der Waals surface area contributed by atoms with Crippen molar-refractivity contribution in [2.45, 2.75) is 31.4 Å². The monoisotopic (exact) mass is 271 g/mol. The second-order valence-corrected chi connectivity index (χ2v) is 7.37. The number of hydrogen-bond donors (Lipinski definition) is 1. The molecular formula is C12H21N3S2. The van der Waals surface area contributed by atoms with E-state index in [0.29, 0.717) is 5.25 Å². The van der Waals surface area contributed by atoms with Crippen LogP contribution in [0.1, 0.15) is 23.7 Å². The normalized spacial score (nSPS) is 17.8. The van der Waals surface area contributed by atoms with Crippen LogP contribution < -0.4 is 5.32 Å². The molecule has 1 aromatic rings. The molecule has 0 saturated carbocycles. The third kappa shape index (κ3) is 4.58. The molecule has 17 heavy (non-hydrogen) atoms. The van der Waals surface area contributed by atoms with Crippen LogP contribution in [0.2, 0.25) is 0 Å². The molecule has 96 valence electrons. The summed E-state index contributed by atoms with van der Waals surface area (Å²) < 4.78 is 0. The lowest BCUT2D eigenvalue weighted by atomic mass is 10.3. The molecule has 3 nitrogen and oxygen atoms in total. The molecule has 0 bridgehead atoms. The molecule has 1 aliphatic rings. The van der Waals surface area contributed by atoms with E-state index in [-0.39, 0.29) is 0 Å². The summed E-state index contributed by atoms with van der Waals surface area (Å²) in [7, 11) is 0. The first-order chi connectivity index (χ1) is 8.24. The van der Waals surface area contributed by atoms with Gasteiger partial charge in [0.15, 0.2) is 0 Å². The van der Waals surface area contributed by atoms with Crippen LogP contribution in [0.3, 0.4) is 0 Å². The van der Waals surface area contributed by atoms with Gasteiger partial charge in [-0.15, -0.1) is 11.3 Å². The summed E-state index contributed by atoms with van der Waals surface area (Å²) in [5.41, 5.74) is 0. The van der Waals surface area contributed by atoms with Crippen molar-refractivity contribution in [2.75, 3.05) is 26.2 Å². The van der Waals surface area contributed by atoms with Gasteiger partial charge in [-0.25, -0.2) is 4.98 Å². The molecule has 1 aliphatic heterocycles. The maximum atomic E-state index is 4.51. The number of rotatable bonds is 5. The molecule has 1 saturated heterocycles. The van der Waals surface area contributed by atoms with Crippen molar-refractivity contribution in [3.05, 3.63) is 16.1 Å². The van der Waals surface area contributed by atoms with Crippen LogP contribution >= 0.6 is 23.1 Å². The van der Waals surface area contributed by atoms with Gasteiger partial charge in [0.25, 0.3) is 0 Å². The zero-order valence-corrected chi connectivity index (χ0v) is 12.2. The van der Waals surface area contributed by atoms with Crippen molar-refractivity contribution in [1.29, 1.82) is 0 Å². The van der Waals surface area contributed by atoms with Gasteiger partial charge < -0.3 is 5.32 Å². The molecule has 1 aromatic heterocycles. The first-order valence-electron chi connectivity index (χ1n) is 6.22. The van der Waals surface area contributed by atoms with Crippen molar-refractivity contribution in [1.82, 2.24) is 15.2 Å².